The van der Waals surface area contributed by atoms with Crippen molar-refractivity contribution in [3.63, 3.8) is 0 Å². The monoisotopic (exact) mass is 324 g/mol. The second-order valence-corrected chi connectivity index (χ2v) is 7.94. The summed E-state index contributed by atoms with van der Waals surface area (Å²) in [6.07, 6.45) is 6.64. The van der Waals surface area contributed by atoms with Crippen LogP contribution in [0, 0.1) is 0 Å². The molecule has 1 aromatic rings. The molecule has 1 aromatic carbocycles. The summed E-state index contributed by atoms with van der Waals surface area (Å²) in [7, 11) is 0. The Morgan fingerprint density at radius 3 is 2.50 bits per heavy atom. The van der Waals surface area contributed by atoms with Crippen LogP contribution in [-0.4, -0.2) is 26.2 Å². The molecule has 3 heteroatoms. The molecule has 1 aliphatic rings. The zero-order valence-electron chi connectivity index (χ0n) is 14.4. The maximum Gasteiger partial charge on any atom is 0.123 e. The third-order valence-electron chi connectivity index (χ3n) is 4.49. The highest BCUT2D eigenvalue weighted by molar-refractivity contribution is 6.30. The number of nitrogens with one attached hydrogen (secondary N) is 1. The molecule has 22 heavy (non-hydrogen) atoms. The van der Waals surface area contributed by atoms with Gasteiger partial charge in [0.25, 0.3) is 0 Å². The largest absolute Gasteiger partial charge is 0.493 e. The summed E-state index contributed by atoms with van der Waals surface area (Å²) in [4.78, 5) is 1.79. The minimum atomic E-state index is 0.0538. The first-order valence-corrected chi connectivity index (χ1v) is 9.11. The quantitative estimate of drug-likeness (QED) is 0.784. The van der Waals surface area contributed by atoms with Crippen LogP contribution in [0.5, 0.6) is 5.75 Å². The van der Waals surface area contributed by atoms with Crippen molar-refractivity contribution in [2.75, 3.05) is 26.2 Å². The Morgan fingerprint density at radius 1 is 1.09 bits per heavy atom. The molecular weight excluding hydrogens is 294 g/mol. The number of rotatable bonds is 6. The normalized spacial score (nSPS) is 16.7. The van der Waals surface area contributed by atoms with E-state index in [9.17, 15) is 0 Å². The molecule has 0 unspecified atom stereocenters. The van der Waals surface area contributed by atoms with Crippen molar-refractivity contribution in [2.24, 2.45) is 0 Å². The van der Waals surface area contributed by atoms with Gasteiger partial charge in [0.15, 0.2) is 0 Å². The van der Waals surface area contributed by atoms with Crippen molar-refractivity contribution in [2.45, 2.75) is 58.3 Å². The molecule has 0 amide bonds. The Labute approximate surface area is 140 Å². The van der Waals surface area contributed by atoms with Crippen molar-refractivity contribution >= 4 is 11.6 Å². The Bertz CT molecular complexity index is 461. The van der Waals surface area contributed by atoms with E-state index >= 15 is 0 Å². The Hall–Kier alpha value is -0.730. The molecule has 1 aliphatic heterocycles. The number of halogens is 1. The topological polar surface area (TPSA) is 13.7 Å². The maximum absolute atomic E-state index is 6.13. The van der Waals surface area contributed by atoms with E-state index < -0.39 is 0 Å². The van der Waals surface area contributed by atoms with Crippen molar-refractivity contribution in [1.82, 2.24) is 0 Å². The summed E-state index contributed by atoms with van der Waals surface area (Å²) in [5, 5.41) is 0.783. The lowest BCUT2D eigenvalue weighted by molar-refractivity contribution is -0.905. The van der Waals surface area contributed by atoms with E-state index in [2.05, 4.69) is 20.8 Å². The van der Waals surface area contributed by atoms with Crippen LogP contribution in [-0.2, 0) is 5.41 Å². The molecule has 1 heterocycles. The number of ether oxygens (including phenoxy) is 1. The van der Waals surface area contributed by atoms with E-state index in [-0.39, 0.29) is 5.41 Å². The van der Waals surface area contributed by atoms with Gasteiger partial charge in [-0.1, -0.05) is 32.4 Å². The molecule has 2 nitrogen and oxygen atoms in total. The number of benzene rings is 1. The molecule has 0 radical (unpaired) electrons. The smallest absolute Gasteiger partial charge is 0.123 e. The van der Waals surface area contributed by atoms with Gasteiger partial charge in [0, 0.05) is 10.6 Å². The first kappa shape index (κ1) is 17.6. The Kier molecular flexibility index (Phi) is 6.58. The number of quaternary nitrogens is 1. The van der Waals surface area contributed by atoms with Gasteiger partial charge in [-0.15, -0.1) is 0 Å². The fraction of sp³-hybridized carbons (Fsp3) is 0.684. The maximum atomic E-state index is 6.13. The number of unbranched alkanes of at least 4 members (excludes halogenated alkanes) is 1. The molecule has 0 atom stereocenters. The average Bonchev–Trinajstić information content (AvgIpc) is 2.48. The Balaban J connectivity index is 1.77. The zero-order chi connectivity index (χ0) is 16.0. The van der Waals surface area contributed by atoms with Crippen LogP contribution in [0.15, 0.2) is 18.2 Å². The second-order valence-electron chi connectivity index (χ2n) is 7.51. The van der Waals surface area contributed by atoms with Gasteiger partial charge in [0.1, 0.15) is 5.75 Å². The lowest BCUT2D eigenvalue weighted by atomic mass is 9.86. The van der Waals surface area contributed by atoms with Gasteiger partial charge in [-0.3, -0.25) is 0 Å². The SMILES string of the molecule is CC(C)(C)c1cc(Cl)ccc1OCCCC[NH+]1CCCCC1. The third-order valence-corrected chi connectivity index (χ3v) is 4.73. The molecule has 124 valence electrons. The molecular formula is C19H31ClNO+. The molecule has 2 rings (SSSR count). The van der Waals surface area contributed by atoms with Crippen molar-refractivity contribution in [1.29, 1.82) is 0 Å². The lowest BCUT2D eigenvalue weighted by Gasteiger charge is -2.24. The van der Waals surface area contributed by atoms with E-state index in [1.54, 1.807) is 4.90 Å². The van der Waals surface area contributed by atoms with Crippen molar-refractivity contribution < 1.29 is 9.64 Å². The fourth-order valence-corrected chi connectivity index (χ4v) is 3.35. The van der Waals surface area contributed by atoms with Crippen LogP contribution in [0.3, 0.4) is 0 Å². The van der Waals surface area contributed by atoms with Gasteiger partial charge in [-0.05, 0) is 55.7 Å². The first-order chi connectivity index (χ1) is 10.5. The highest BCUT2D eigenvalue weighted by Crippen LogP contribution is 2.33. The second kappa shape index (κ2) is 8.21. The van der Waals surface area contributed by atoms with E-state index in [0.29, 0.717) is 0 Å². The van der Waals surface area contributed by atoms with E-state index in [1.165, 1.54) is 50.9 Å². The lowest BCUT2D eigenvalue weighted by Crippen LogP contribution is -3.12. The van der Waals surface area contributed by atoms with Gasteiger partial charge in [-0.25, -0.2) is 0 Å². The van der Waals surface area contributed by atoms with Crippen molar-refractivity contribution in [3.8, 4) is 5.75 Å². The fourth-order valence-electron chi connectivity index (χ4n) is 3.18. The van der Waals surface area contributed by atoms with E-state index in [4.69, 9.17) is 16.3 Å². The predicted molar refractivity (Wildman–Crippen MR) is 94.3 cm³/mol. The van der Waals surface area contributed by atoms with Crippen molar-refractivity contribution in [3.05, 3.63) is 28.8 Å². The van der Waals surface area contributed by atoms with Gasteiger partial charge in [0.05, 0.1) is 26.2 Å². The van der Waals surface area contributed by atoms with Crippen LogP contribution in [0.2, 0.25) is 5.02 Å². The predicted octanol–water partition coefficient (Wildman–Crippen LogP) is 3.87. The van der Waals surface area contributed by atoms with Crippen LogP contribution in [0.1, 0.15) is 58.4 Å². The molecule has 0 aromatic heterocycles. The molecule has 0 saturated carbocycles. The van der Waals surface area contributed by atoms with E-state index in [0.717, 1.165) is 23.8 Å². The summed E-state index contributed by atoms with van der Waals surface area (Å²) < 4.78 is 6.04. The minimum absolute atomic E-state index is 0.0538. The number of hydrogen-bond acceptors (Lipinski definition) is 1. The standard InChI is InChI=1S/C19H30ClNO/c1-19(2,3)17-15-16(20)9-10-18(17)22-14-8-7-13-21-11-5-4-6-12-21/h9-10,15H,4-8,11-14H2,1-3H3/p+1. The van der Waals surface area contributed by atoms with Gasteiger partial charge in [0.2, 0.25) is 0 Å². The summed E-state index contributed by atoms with van der Waals surface area (Å²) in [6.45, 7) is 11.4. The summed E-state index contributed by atoms with van der Waals surface area (Å²) in [6, 6.07) is 5.97. The van der Waals surface area contributed by atoms with Crippen LogP contribution < -0.4 is 9.64 Å². The summed E-state index contributed by atoms with van der Waals surface area (Å²) in [5.74, 6) is 0.988. The van der Waals surface area contributed by atoms with Gasteiger partial charge >= 0.3 is 0 Å². The Morgan fingerprint density at radius 2 is 1.82 bits per heavy atom. The highest BCUT2D eigenvalue weighted by atomic mass is 35.5. The number of piperidine rings is 1. The molecule has 0 bridgehead atoms. The van der Waals surface area contributed by atoms with Crippen LogP contribution in [0.25, 0.3) is 0 Å². The highest BCUT2D eigenvalue weighted by Gasteiger charge is 2.19. The van der Waals surface area contributed by atoms with Crippen LogP contribution in [0.4, 0.5) is 0 Å². The molecule has 1 fully saturated rings. The molecule has 1 saturated heterocycles. The van der Waals surface area contributed by atoms with Gasteiger partial charge in [-0.2, -0.15) is 0 Å². The summed E-state index contributed by atoms with van der Waals surface area (Å²) in [5.41, 5.74) is 1.25. The molecule has 1 N–H and O–H groups in total. The summed E-state index contributed by atoms with van der Waals surface area (Å²) >= 11 is 6.13. The zero-order valence-corrected chi connectivity index (χ0v) is 15.1. The first-order valence-electron chi connectivity index (χ1n) is 8.73. The minimum Gasteiger partial charge on any atom is -0.493 e. The number of likely N-dealkylation sites (tertiary alicyclic amines) is 1. The third kappa shape index (κ3) is 5.48. The average molecular weight is 325 g/mol. The van der Waals surface area contributed by atoms with Gasteiger partial charge < -0.3 is 9.64 Å². The number of hydrogen-bond donors (Lipinski definition) is 1. The molecule has 0 aliphatic carbocycles. The molecule has 0 spiro atoms. The van der Waals surface area contributed by atoms with Crippen LogP contribution >= 0.6 is 11.6 Å². The van der Waals surface area contributed by atoms with E-state index in [1.807, 2.05) is 18.2 Å².